The minimum Gasteiger partial charge on any atom is -0.493 e. The lowest BCUT2D eigenvalue weighted by Gasteiger charge is -2.12. The van der Waals surface area contributed by atoms with Crippen molar-refractivity contribution in [1.82, 2.24) is 25.1 Å². The molecule has 6 aromatic rings. The maximum absolute atomic E-state index is 13.1. The third-order valence-corrected chi connectivity index (χ3v) is 6.19. The fourth-order valence-electron chi connectivity index (χ4n) is 4.19. The van der Waals surface area contributed by atoms with E-state index >= 15 is 0 Å². The van der Waals surface area contributed by atoms with Gasteiger partial charge in [-0.1, -0.05) is 12.1 Å². The summed E-state index contributed by atoms with van der Waals surface area (Å²) in [5.74, 6) is 2.54. The molecule has 11 heteroatoms. The summed E-state index contributed by atoms with van der Waals surface area (Å²) in [6.07, 6.45) is 4.64. The van der Waals surface area contributed by atoms with E-state index in [-0.39, 0.29) is 5.91 Å². The van der Waals surface area contributed by atoms with Gasteiger partial charge in [0, 0.05) is 34.1 Å². The van der Waals surface area contributed by atoms with Crippen molar-refractivity contribution in [3.8, 4) is 34.2 Å². The highest BCUT2D eigenvalue weighted by atomic mass is 16.5. The molecule has 198 valence electrons. The molecule has 1 amide bonds. The lowest BCUT2D eigenvalue weighted by Crippen LogP contribution is -2.12. The van der Waals surface area contributed by atoms with E-state index in [9.17, 15) is 4.79 Å². The molecule has 0 fully saturated rings. The van der Waals surface area contributed by atoms with E-state index in [2.05, 4.69) is 30.8 Å². The number of carbonyl (C=O) groups excluding carboxylic acids is 1. The van der Waals surface area contributed by atoms with Gasteiger partial charge in [-0.25, -0.2) is 15.0 Å². The van der Waals surface area contributed by atoms with E-state index < -0.39 is 0 Å². The monoisotopic (exact) mass is 533 g/mol. The number of aromatic amines is 1. The number of oxazole rings is 1. The van der Waals surface area contributed by atoms with Crippen LogP contribution in [0.15, 0.2) is 89.9 Å². The molecular formula is C29H23N7O4. The zero-order valence-electron chi connectivity index (χ0n) is 21.5. The van der Waals surface area contributed by atoms with Gasteiger partial charge in [0.15, 0.2) is 35.3 Å². The number of fused-ring (bicyclic) bond motifs is 1. The second-order valence-corrected chi connectivity index (χ2v) is 8.70. The molecule has 0 bridgehead atoms. The minimum absolute atomic E-state index is 0.262. The first-order valence-electron chi connectivity index (χ1n) is 12.2. The fraction of sp³-hybridized carbons (Fsp3) is 0.0690. The Morgan fingerprint density at radius 2 is 1.70 bits per heavy atom. The van der Waals surface area contributed by atoms with Gasteiger partial charge in [0.25, 0.3) is 5.91 Å². The maximum Gasteiger partial charge on any atom is 0.255 e. The van der Waals surface area contributed by atoms with Crippen LogP contribution >= 0.6 is 0 Å². The highest BCUT2D eigenvalue weighted by molar-refractivity contribution is 6.05. The third-order valence-electron chi connectivity index (χ3n) is 6.19. The molecule has 11 nitrogen and oxygen atoms in total. The van der Waals surface area contributed by atoms with E-state index in [0.717, 1.165) is 11.3 Å². The lowest BCUT2D eigenvalue weighted by atomic mass is 10.1. The van der Waals surface area contributed by atoms with Gasteiger partial charge in [0.1, 0.15) is 11.0 Å². The quantitative estimate of drug-likeness (QED) is 0.225. The van der Waals surface area contributed by atoms with Gasteiger partial charge in [-0.3, -0.25) is 9.89 Å². The van der Waals surface area contributed by atoms with Gasteiger partial charge in [0.2, 0.25) is 0 Å². The Bertz CT molecular complexity index is 1800. The van der Waals surface area contributed by atoms with E-state index in [1.807, 2.05) is 42.5 Å². The SMILES string of the molecule is COc1ccc(Nc2nc(-c3cccc(C(=O)Nc4ccc(-c5cnco5)cc4)c3)nc3cn[nH]c23)cc1OC. The summed E-state index contributed by atoms with van der Waals surface area (Å²) in [5, 5.41) is 13.3. The van der Waals surface area contributed by atoms with Gasteiger partial charge < -0.3 is 24.5 Å². The molecule has 3 aromatic heterocycles. The molecule has 0 radical (unpaired) electrons. The molecule has 0 aliphatic rings. The molecule has 6 rings (SSSR count). The highest BCUT2D eigenvalue weighted by Gasteiger charge is 2.15. The van der Waals surface area contributed by atoms with Gasteiger partial charge in [-0.05, 0) is 48.5 Å². The summed E-state index contributed by atoms with van der Waals surface area (Å²) in [4.78, 5) is 26.4. The van der Waals surface area contributed by atoms with E-state index in [1.165, 1.54) is 6.39 Å². The smallest absolute Gasteiger partial charge is 0.255 e. The van der Waals surface area contributed by atoms with Gasteiger partial charge in [-0.15, -0.1) is 0 Å². The van der Waals surface area contributed by atoms with Crippen molar-refractivity contribution < 1.29 is 18.7 Å². The Hall–Kier alpha value is -5.71. The summed E-state index contributed by atoms with van der Waals surface area (Å²) >= 11 is 0. The molecule has 0 aliphatic carbocycles. The van der Waals surface area contributed by atoms with Crippen LogP contribution < -0.4 is 20.1 Å². The first-order valence-corrected chi connectivity index (χ1v) is 12.2. The van der Waals surface area contributed by atoms with Crippen molar-refractivity contribution in [2.24, 2.45) is 0 Å². The number of H-pyrrole nitrogens is 1. The van der Waals surface area contributed by atoms with Crippen molar-refractivity contribution in [1.29, 1.82) is 0 Å². The van der Waals surface area contributed by atoms with Crippen LogP contribution in [-0.2, 0) is 0 Å². The Morgan fingerprint density at radius 1 is 0.875 bits per heavy atom. The molecule has 3 aromatic carbocycles. The summed E-state index contributed by atoms with van der Waals surface area (Å²) in [5.41, 5.74) is 4.64. The van der Waals surface area contributed by atoms with E-state index in [4.69, 9.17) is 18.9 Å². The number of anilines is 3. The predicted octanol–water partition coefficient (Wildman–Crippen LogP) is 5.69. The number of hydrogen-bond acceptors (Lipinski definition) is 9. The van der Waals surface area contributed by atoms with Crippen LogP contribution in [0.25, 0.3) is 33.7 Å². The molecule has 3 heterocycles. The second-order valence-electron chi connectivity index (χ2n) is 8.70. The number of ether oxygens (including phenoxy) is 2. The zero-order valence-corrected chi connectivity index (χ0v) is 21.5. The van der Waals surface area contributed by atoms with Crippen LogP contribution in [0.2, 0.25) is 0 Å². The van der Waals surface area contributed by atoms with Gasteiger partial charge >= 0.3 is 0 Å². The van der Waals surface area contributed by atoms with E-state index in [0.29, 0.717) is 56.7 Å². The van der Waals surface area contributed by atoms with Gasteiger partial charge in [-0.2, -0.15) is 5.10 Å². The normalized spacial score (nSPS) is 10.8. The summed E-state index contributed by atoms with van der Waals surface area (Å²) < 4.78 is 16.1. The average molecular weight is 534 g/mol. The van der Waals surface area contributed by atoms with Crippen LogP contribution in [0.3, 0.4) is 0 Å². The zero-order chi connectivity index (χ0) is 27.5. The number of methoxy groups -OCH3 is 2. The highest BCUT2D eigenvalue weighted by Crippen LogP contribution is 2.32. The molecule has 3 N–H and O–H groups in total. The molecule has 40 heavy (non-hydrogen) atoms. The predicted molar refractivity (Wildman–Crippen MR) is 150 cm³/mol. The minimum atomic E-state index is -0.262. The molecule has 0 atom stereocenters. The first-order chi connectivity index (χ1) is 19.6. The molecule has 0 saturated carbocycles. The summed E-state index contributed by atoms with van der Waals surface area (Å²) in [6, 6.07) is 19.9. The number of amides is 1. The van der Waals surface area contributed by atoms with Crippen LogP contribution in [0.1, 0.15) is 10.4 Å². The van der Waals surface area contributed by atoms with Crippen LogP contribution in [0.5, 0.6) is 11.5 Å². The Kier molecular flexibility index (Phi) is 6.51. The summed E-state index contributed by atoms with van der Waals surface area (Å²) in [7, 11) is 3.16. The second kappa shape index (κ2) is 10.6. The molecule has 0 aliphatic heterocycles. The van der Waals surface area contributed by atoms with Crippen LogP contribution in [0.4, 0.5) is 17.2 Å². The number of aromatic nitrogens is 5. The average Bonchev–Trinajstić information content (AvgIpc) is 3.70. The Labute approximate surface area is 228 Å². The number of nitrogens with zero attached hydrogens (tertiary/aromatic N) is 4. The maximum atomic E-state index is 13.1. The van der Waals surface area contributed by atoms with E-state index in [1.54, 1.807) is 50.9 Å². The largest absolute Gasteiger partial charge is 0.493 e. The van der Waals surface area contributed by atoms with Gasteiger partial charge in [0.05, 0.1) is 26.6 Å². The standard InChI is InChI=1S/C29H23N7O4/c1-38-23-11-10-21(13-24(23)39-2)32-28-26-22(14-31-36-26)34-27(35-28)18-4-3-5-19(12-18)29(37)33-20-8-6-17(7-9-20)25-15-30-16-40-25/h3-16H,1-2H3,(H,31,36)(H,33,37)(H,32,34,35). The number of benzene rings is 3. The Morgan fingerprint density at radius 3 is 2.48 bits per heavy atom. The van der Waals surface area contributed by atoms with Crippen molar-refractivity contribution in [2.45, 2.75) is 0 Å². The fourth-order valence-corrected chi connectivity index (χ4v) is 4.19. The topological polar surface area (TPSA) is 140 Å². The summed E-state index contributed by atoms with van der Waals surface area (Å²) in [6.45, 7) is 0. The number of nitrogens with one attached hydrogen (secondary N) is 3. The van der Waals surface area contributed by atoms with Crippen LogP contribution in [0, 0.1) is 0 Å². The first kappa shape index (κ1) is 24.6. The third kappa shape index (κ3) is 4.90. The van der Waals surface area contributed by atoms with Crippen molar-refractivity contribution in [3.05, 3.63) is 91.1 Å². The van der Waals surface area contributed by atoms with Crippen molar-refractivity contribution in [2.75, 3.05) is 24.9 Å². The number of rotatable bonds is 8. The van der Waals surface area contributed by atoms with Crippen LogP contribution in [-0.4, -0.2) is 45.3 Å². The lowest BCUT2D eigenvalue weighted by molar-refractivity contribution is 0.102. The Balaban J connectivity index is 1.26. The van der Waals surface area contributed by atoms with Crippen molar-refractivity contribution in [3.63, 3.8) is 0 Å². The number of carbonyl (C=O) groups is 1. The molecule has 0 saturated heterocycles. The molecule has 0 unspecified atom stereocenters. The van der Waals surface area contributed by atoms with Crippen molar-refractivity contribution >= 4 is 34.1 Å². The number of hydrogen-bond donors (Lipinski definition) is 3. The molecular weight excluding hydrogens is 510 g/mol. The molecule has 0 spiro atoms.